The zero-order valence-electron chi connectivity index (χ0n) is 42.3. The number of para-hydroxylation sites is 4. The predicted octanol–water partition coefficient (Wildman–Crippen LogP) is 16.8. The molecule has 7 heteroatoms. The van der Waals surface area contributed by atoms with Gasteiger partial charge in [-0.05, 0) is 154 Å². The van der Waals surface area contributed by atoms with Crippen LogP contribution in [0.3, 0.4) is 0 Å². The van der Waals surface area contributed by atoms with Crippen LogP contribution in [0.2, 0.25) is 0 Å². The van der Waals surface area contributed by atoms with E-state index in [0.29, 0.717) is 5.46 Å². The fraction of sp³-hybridized carbons (Fsp3) is 0. The molecular weight excluding hydrogens is 1030 g/mol. The van der Waals surface area contributed by atoms with E-state index in [-0.39, 0.29) is 8.41 Å². The van der Waals surface area contributed by atoms with Gasteiger partial charge in [0.25, 0.3) is 0 Å². The molecule has 2 N–H and O–H groups in total. The Labute approximate surface area is 467 Å². The predicted molar refractivity (Wildman–Crippen MR) is 347 cm³/mol. The number of aromatic nitrogens is 2. The summed E-state index contributed by atoms with van der Waals surface area (Å²) in [5.41, 5.74) is 9.88. The first-order chi connectivity index (χ1) is 38.5. The van der Waals surface area contributed by atoms with Gasteiger partial charge in [0.2, 0.25) is 0 Å². The van der Waals surface area contributed by atoms with Crippen LogP contribution in [0, 0.1) is 0 Å². The quantitative estimate of drug-likeness (QED) is 0.136. The smallest absolute Gasteiger partial charge is 0.423 e. The van der Waals surface area contributed by atoms with E-state index in [1.54, 1.807) is 6.07 Å². The van der Waals surface area contributed by atoms with Gasteiger partial charge in [-0.15, -0.1) is 0 Å². The summed E-state index contributed by atoms with van der Waals surface area (Å²) < 4.78 is 5.69. The summed E-state index contributed by atoms with van der Waals surface area (Å²) in [6.07, 6.45) is 0. The zero-order valence-corrected chi connectivity index (χ0v) is 43.9. The summed E-state index contributed by atoms with van der Waals surface area (Å²) in [6, 6.07) is 98.4. The third-order valence-corrected chi connectivity index (χ3v) is 16.0. The molecule has 0 saturated carbocycles. The summed E-state index contributed by atoms with van der Waals surface area (Å²) in [4.78, 5) is 0. The van der Waals surface area contributed by atoms with Crippen LogP contribution in [0.4, 0.5) is 0 Å². The van der Waals surface area contributed by atoms with Crippen LogP contribution in [0.1, 0.15) is 0 Å². The van der Waals surface area contributed by atoms with Gasteiger partial charge >= 0.3 is 7.12 Å². The molecule has 0 atom stereocenters. The molecule has 0 radical (unpaired) electrons. The van der Waals surface area contributed by atoms with E-state index >= 15 is 0 Å². The third-order valence-electron chi connectivity index (χ3n) is 15.5. The highest BCUT2D eigenvalue weighted by Gasteiger charge is 2.18. The molecule has 0 aliphatic heterocycles. The maximum Gasteiger partial charge on any atom is 0.488 e. The number of benzene rings is 14. The van der Waals surface area contributed by atoms with Gasteiger partial charge < -0.3 is 19.2 Å². The molecule has 376 valence electrons. The lowest BCUT2D eigenvalue weighted by atomic mass is 9.80. The summed E-state index contributed by atoms with van der Waals surface area (Å²) in [5.74, 6) is 0. The van der Waals surface area contributed by atoms with Crippen molar-refractivity contribution in [1.82, 2.24) is 9.13 Å². The molecule has 16 aromatic rings. The van der Waals surface area contributed by atoms with E-state index in [4.69, 9.17) is 0 Å². The second-order valence-corrected chi connectivity index (χ2v) is 20.8. The Hall–Kier alpha value is -9.23. The van der Waals surface area contributed by atoms with E-state index in [1.807, 2.05) is 42.5 Å². The lowest BCUT2D eigenvalue weighted by Gasteiger charge is -2.12. The van der Waals surface area contributed by atoms with E-state index in [1.165, 1.54) is 103 Å². The van der Waals surface area contributed by atoms with Crippen molar-refractivity contribution in [2.45, 2.75) is 0 Å². The minimum absolute atomic E-state index is 0. The van der Waals surface area contributed by atoms with E-state index in [2.05, 4.69) is 256 Å². The Morgan fingerprint density at radius 1 is 0.253 bits per heavy atom. The van der Waals surface area contributed by atoms with Crippen molar-refractivity contribution in [3.63, 3.8) is 0 Å². The van der Waals surface area contributed by atoms with Crippen LogP contribution >= 0.6 is 15.9 Å². The minimum atomic E-state index is -1.46. The maximum absolute atomic E-state index is 9.43. The fourth-order valence-electron chi connectivity index (χ4n) is 12.0. The van der Waals surface area contributed by atoms with Crippen molar-refractivity contribution in [3.05, 3.63) is 284 Å². The van der Waals surface area contributed by atoms with E-state index in [9.17, 15) is 10.0 Å². The molecule has 16 rings (SSSR count). The zero-order chi connectivity index (χ0) is 52.3. The van der Waals surface area contributed by atoms with Gasteiger partial charge in [0.15, 0.2) is 0 Å². The average molecular weight is 1080 g/mol. The van der Waals surface area contributed by atoms with Gasteiger partial charge in [0, 0.05) is 37.4 Å². The van der Waals surface area contributed by atoms with E-state index < -0.39 is 7.12 Å². The number of nitrogens with zero attached hydrogens (tertiary/aromatic N) is 2. The summed E-state index contributed by atoms with van der Waals surface area (Å²) in [7, 11) is -1.46. The molecule has 79 heavy (non-hydrogen) atoms. The number of fused-ring (bicyclic) bond motifs is 18. The molecule has 0 unspecified atom stereocenters. The van der Waals surface area contributed by atoms with Gasteiger partial charge in [0.05, 0.1) is 22.1 Å². The molecule has 14 aromatic carbocycles. The van der Waals surface area contributed by atoms with Crippen molar-refractivity contribution < 1.29 is 10.0 Å². The third kappa shape index (κ3) is 8.60. The standard InChI is InChI=1S/C36H23N.C18H14BNO2.C18H11Br.BH4/c1-2-10-26(11-3-1)37-35-17-9-8-16-32(35)34-23-25(19-21-36(34)37)24-18-20-31-29-14-5-4-12-27(29)28-13-6-7-15-30(28)33(31)22-24;21-19(22)13-10-11-18-16(12-13)15-8-4-5-9-17(15)20(18)14-6-2-1-3-7-14;19-12-9-10-17-15-7-2-1-5-13(15)14-6-3-4-8-16(14)18(17)11-12;/h1-23H;1-12,21-22H;1-11H;1H4/q;;;-1. The molecule has 0 aliphatic carbocycles. The van der Waals surface area contributed by atoms with Crippen molar-refractivity contribution in [2.75, 3.05) is 0 Å². The first kappa shape index (κ1) is 49.3. The Bertz CT molecular complexity index is 4910. The number of hydrogen-bond donors (Lipinski definition) is 2. The molecular formula is C72H52B2BrN2O2-. The molecule has 0 amide bonds. The Morgan fingerprint density at radius 3 is 1.00 bits per heavy atom. The van der Waals surface area contributed by atoms with Crippen LogP contribution in [-0.2, 0) is 0 Å². The highest BCUT2D eigenvalue weighted by Crippen LogP contribution is 2.40. The topological polar surface area (TPSA) is 50.3 Å². The van der Waals surface area contributed by atoms with Gasteiger partial charge in [-0.25, -0.2) is 0 Å². The average Bonchev–Trinajstić information content (AvgIpc) is 4.20. The second-order valence-electron chi connectivity index (χ2n) is 19.9. The summed E-state index contributed by atoms with van der Waals surface area (Å²) in [6.45, 7) is 0. The second kappa shape index (κ2) is 20.6. The highest BCUT2D eigenvalue weighted by atomic mass is 79.9. The van der Waals surface area contributed by atoms with Crippen LogP contribution in [0.15, 0.2) is 284 Å². The molecule has 2 heterocycles. The normalized spacial score (nSPS) is 11.4. The van der Waals surface area contributed by atoms with Gasteiger partial charge in [-0.3, -0.25) is 0 Å². The molecule has 0 saturated heterocycles. The van der Waals surface area contributed by atoms with Crippen molar-refractivity contribution in [1.29, 1.82) is 0 Å². The van der Waals surface area contributed by atoms with Gasteiger partial charge in [-0.1, -0.05) is 231 Å². The van der Waals surface area contributed by atoms with Crippen LogP contribution in [-0.4, -0.2) is 34.7 Å². The molecule has 0 aliphatic rings. The number of halogens is 1. The Morgan fingerprint density at radius 2 is 0.557 bits per heavy atom. The minimum Gasteiger partial charge on any atom is -0.423 e. The van der Waals surface area contributed by atoms with Crippen molar-refractivity contribution in [2.24, 2.45) is 0 Å². The Balaban J connectivity index is 0.000000120. The van der Waals surface area contributed by atoms with Crippen LogP contribution in [0.25, 0.3) is 131 Å². The molecule has 0 spiro atoms. The van der Waals surface area contributed by atoms with Gasteiger partial charge in [0.1, 0.15) is 0 Å². The van der Waals surface area contributed by atoms with Gasteiger partial charge in [-0.2, -0.15) is 0 Å². The number of hydrogen-bond acceptors (Lipinski definition) is 2. The summed E-state index contributed by atoms with van der Waals surface area (Å²) >= 11 is 3.58. The molecule has 4 nitrogen and oxygen atoms in total. The molecule has 0 bridgehead atoms. The fourth-order valence-corrected chi connectivity index (χ4v) is 12.3. The molecule has 0 fully saturated rings. The SMILES string of the molecule is Brc1ccc2c3ccccc3c3ccccc3c2c1.OB(O)c1ccc2c(c1)c1ccccc1n2-c1ccccc1.[BH4-].c1ccc(-n2c3ccccc3c3cc(-c4ccc5c6ccccc6c6ccccc6c5c4)ccc32)cc1. The van der Waals surface area contributed by atoms with Crippen molar-refractivity contribution >= 4 is 145 Å². The van der Waals surface area contributed by atoms with Crippen LogP contribution in [0.5, 0.6) is 0 Å². The molecule has 2 aromatic heterocycles. The van der Waals surface area contributed by atoms with E-state index in [0.717, 1.165) is 32.0 Å². The lowest BCUT2D eigenvalue weighted by Crippen LogP contribution is -2.29. The number of rotatable bonds is 4. The maximum atomic E-state index is 9.43. The summed E-state index contributed by atoms with van der Waals surface area (Å²) in [5, 5.41) is 39.3. The van der Waals surface area contributed by atoms with Crippen molar-refractivity contribution in [3.8, 4) is 22.5 Å². The van der Waals surface area contributed by atoms with Crippen LogP contribution < -0.4 is 5.46 Å². The largest absolute Gasteiger partial charge is 0.488 e. The highest BCUT2D eigenvalue weighted by molar-refractivity contribution is 9.10. The Kier molecular flexibility index (Phi) is 12.9. The lowest BCUT2D eigenvalue weighted by molar-refractivity contribution is 0.426. The monoisotopic (exact) mass is 1080 g/mol. The first-order valence-corrected chi connectivity index (χ1v) is 27.1. The first-order valence-electron chi connectivity index (χ1n) is 26.3.